The number of carbonyl (C=O) groups is 1. The van der Waals surface area contributed by atoms with E-state index in [-0.39, 0.29) is 22.8 Å². The van der Waals surface area contributed by atoms with E-state index < -0.39 is 0 Å². The van der Waals surface area contributed by atoms with Gasteiger partial charge < -0.3 is 19.6 Å². The first-order chi connectivity index (χ1) is 9.06. The molecule has 2 N–H and O–H groups in total. The lowest BCUT2D eigenvalue weighted by Crippen LogP contribution is -2.06. The summed E-state index contributed by atoms with van der Waals surface area (Å²) in [5.74, 6) is 0.725. The number of rotatable bonds is 4. The van der Waals surface area contributed by atoms with Gasteiger partial charge in [0.25, 0.3) is 0 Å². The number of nitrogens with two attached hydrogens (primary N) is 1. The van der Waals surface area contributed by atoms with Crippen LogP contribution >= 0.6 is 15.9 Å². The Morgan fingerprint density at radius 2 is 2.00 bits per heavy atom. The van der Waals surface area contributed by atoms with Crippen molar-refractivity contribution in [1.82, 2.24) is 0 Å². The summed E-state index contributed by atoms with van der Waals surface area (Å²) in [7, 11) is 2.98. The van der Waals surface area contributed by atoms with Gasteiger partial charge in [0, 0.05) is 6.07 Å². The number of halogens is 1. The molecule has 0 radical (unpaired) electrons. The highest BCUT2D eigenvalue weighted by Gasteiger charge is 2.20. The molecule has 2 aromatic rings. The summed E-state index contributed by atoms with van der Waals surface area (Å²) >= 11 is 3.15. The van der Waals surface area contributed by atoms with Crippen molar-refractivity contribution >= 4 is 27.4 Å². The van der Waals surface area contributed by atoms with Crippen LogP contribution in [0.2, 0.25) is 0 Å². The molecule has 0 aliphatic heterocycles. The molecule has 0 bridgehead atoms. The molecule has 0 saturated carbocycles. The van der Waals surface area contributed by atoms with E-state index in [1.807, 2.05) is 0 Å². The summed E-state index contributed by atoms with van der Waals surface area (Å²) in [4.78, 5) is 12.3. The maximum Gasteiger partial charge on any atom is 0.230 e. The van der Waals surface area contributed by atoms with E-state index in [1.165, 1.54) is 14.2 Å². The van der Waals surface area contributed by atoms with Crippen molar-refractivity contribution in [1.29, 1.82) is 0 Å². The van der Waals surface area contributed by atoms with Gasteiger partial charge in [-0.1, -0.05) is 0 Å². The predicted octanol–water partition coefficient (Wildman–Crippen LogP) is 2.87. The fraction of sp³-hybridized carbons (Fsp3) is 0.154. The zero-order valence-electron chi connectivity index (χ0n) is 10.4. The molecule has 19 heavy (non-hydrogen) atoms. The zero-order valence-corrected chi connectivity index (χ0v) is 12.0. The highest BCUT2D eigenvalue weighted by atomic mass is 79.9. The molecule has 0 spiro atoms. The van der Waals surface area contributed by atoms with Gasteiger partial charge in [0.15, 0.2) is 10.4 Å². The van der Waals surface area contributed by atoms with E-state index in [0.29, 0.717) is 16.2 Å². The third-order valence-corrected chi connectivity index (χ3v) is 3.04. The average molecular weight is 326 g/mol. The maximum absolute atomic E-state index is 12.3. The molecule has 100 valence electrons. The second kappa shape index (κ2) is 5.36. The molecule has 5 nitrogen and oxygen atoms in total. The minimum atomic E-state index is -0.333. The fourth-order valence-electron chi connectivity index (χ4n) is 1.65. The van der Waals surface area contributed by atoms with Crippen molar-refractivity contribution in [2.45, 2.75) is 0 Å². The van der Waals surface area contributed by atoms with Crippen LogP contribution in [0.4, 0.5) is 5.69 Å². The van der Waals surface area contributed by atoms with Gasteiger partial charge in [-0.25, -0.2) is 0 Å². The monoisotopic (exact) mass is 325 g/mol. The van der Waals surface area contributed by atoms with E-state index in [2.05, 4.69) is 15.9 Å². The molecular weight excluding hydrogens is 314 g/mol. The number of furan rings is 1. The Morgan fingerprint density at radius 1 is 1.26 bits per heavy atom. The SMILES string of the molecule is COc1cc(OC)c(N)c(C(=O)c2ccc(Br)o2)c1. The van der Waals surface area contributed by atoms with Crippen molar-refractivity contribution in [3.05, 3.63) is 40.3 Å². The Morgan fingerprint density at radius 3 is 2.53 bits per heavy atom. The molecule has 1 aromatic carbocycles. The van der Waals surface area contributed by atoms with E-state index in [0.717, 1.165) is 0 Å². The third-order valence-electron chi connectivity index (χ3n) is 2.61. The predicted molar refractivity (Wildman–Crippen MR) is 73.8 cm³/mol. The second-order valence-electron chi connectivity index (χ2n) is 3.72. The van der Waals surface area contributed by atoms with Gasteiger partial charge in [0.05, 0.1) is 25.5 Å². The van der Waals surface area contributed by atoms with Gasteiger partial charge >= 0.3 is 0 Å². The summed E-state index contributed by atoms with van der Waals surface area (Å²) in [5, 5.41) is 0. The zero-order chi connectivity index (χ0) is 14.0. The fourth-order valence-corrected chi connectivity index (χ4v) is 1.95. The second-order valence-corrected chi connectivity index (χ2v) is 4.51. The summed E-state index contributed by atoms with van der Waals surface area (Å²) in [6.45, 7) is 0. The summed E-state index contributed by atoms with van der Waals surface area (Å²) in [6.07, 6.45) is 0. The smallest absolute Gasteiger partial charge is 0.230 e. The Bertz CT molecular complexity index is 621. The van der Waals surface area contributed by atoms with Crippen LogP contribution in [0.25, 0.3) is 0 Å². The van der Waals surface area contributed by atoms with Crippen LogP contribution in [0.15, 0.2) is 33.4 Å². The highest BCUT2D eigenvalue weighted by molar-refractivity contribution is 9.10. The number of nitrogen functional groups attached to an aromatic ring is 1. The van der Waals surface area contributed by atoms with Crippen molar-refractivity contribution in [3.63, 3.8) is 0 Å². The molecule has 1 aromatic heterocycles. The summed E-state index contributed by atoms with van der Waals surface area (Å²) < 4.78 is 15.9. The molecular formula is C13H12BrNO4. The molecule has 0 fully saturated rings. The van der Waals surface area contributed by atoms with Crippen LogP contribution in [-0.2, 0) is 0 Å². The number of methoxy groups -OCH3 is 2. The third kappa shape index (κ3) is 2.58. The van der Waals surface area contributed by atoms with Gasteiger partial charge in [-0.2, -0.15) is 0 Å². The van der Waals surface area contributed by atoms with Crippen LogP contribution < -0.4 is 15.2 Å². The Labute approximate surface area is 118 Å². The largest absolute Gasteiger partial charge is 0.497 e. The van der Waals surface area contributed by atoms with Crippen LogP contribution in [0, 0.1) is 0 Å². The first-order valence-corrected chi connectivity index (χ1v) is 6.17. The molecule has 0 unspecified atom stereocenters. The molecule has 6 heteroatoms. The van der Waals surface area contributed by atoms with Crippen molar-refractivity contribution in [2.75, 3.05) is 20.0 Å². The molecule has 0 aliphatic rings. The Hall–Kier alpha value is -1.95. The Balaban J connectivity index is 2.52. The van der Waals surface area contributed by atoms with Crippen LogP contribution in [-0.4, -0.2) is 20.0 Å². The number of ketones is 1. The normalized spacial score (nSPS) is 10.3. The molecule has 0 amide bonds. The maximum atomic E-state index is 12.3. The number of hydrogen-bond acceptors (Lipinski definition) is 5. The quantitative estimate of drug-likeness (QED) is 0.691. The van der Waals surface area contributed by atoms with Gasteiger partial charge in [0.1, 0.15) is 11.5 Å². The Kier molecular flexibility index (Phi) is 3.80. The number of hydrogen-bond donors (Lipinski definition) is 1. The van der Waals surface area contributed by atoms with Crippen molar-refractivity contribution in [3.8, 4) is 11.5 Å². The van der Waals surface area contributed by atoms with Gasteiger partial charge in [-0.15, -0.1) is 0 Å². The first-order valence-electron chi connectivity index (χ1n) is 5.38. The number of ether oxygens (including phenoxy) is 2. The molecule has 0 atom stereocenters. The van der Waals surface area contributed by atoms with E-state index in [9.17, 15) is 4.79 Å². The van der Waals surface area contributed by atoms with Crippen molar-refractivity contribution in [2.24, 2.45) is 0 Å². The lowest BCUT2D eigenvalue weighted by Gasteiger charge is -2.11. The number of anilines is 1. The van der Waals surface area contributed by atoms with Crippen LogP contribution in [0.3, 0.4) is 0 Å². The van der Waals surface area contributed by atoms with Crippen LogP contribution in [0.5, 0.6) is 11.5 Å². The number of carbonyl (C=O) groups excluding carboxylic acids is 1. The summed E-state index contributed by atoms with van der Waals surface area (Å²) in [6, 6.07) is 6.37. The average Bonchev–Trinajstić information content (AvgIpc) is 2.85. The van der Waals surface area contributed by atoms with Gasteiger partial charge in [-0.3, -0.25) is 4.79 Å². The molecule has 0 aliphatic carbocycles. The molecule has 1 heterocycles. The standard InChI is InChI=1S/C13H12BrNO4/c1-17-7-5-8(12(15)10(6-7)18-2)13(16)9-3-4-11(14)19-9/h3-6H,15H2,1-2H3. The molecule has 2 rings (SSSR count). The number of benzene rings is 1. The van der Waals surface area contributed by atoms with Gasteiger partial charge in [-0.05, 0) is 34.1 Å². The minimum Gasteiger partial charge on any atom is -0.497 e. The van der Waals surface area contributed by atoms with Crippen LogP contribution in [0.1, 0.15) is 16.1 Å². The van der Waals surface area contributed by atoms with E-state index in [1.54, 1.807) is 24.3 Å². The van der Waals surface area contributed by atoms with Gasteiger partial charge in [0.2, 0.25) is 5.78 Å². The lowest BCUT2D eigenvalue weighted by atomic mass is 10.1. The lowest BCUT2D eigenvalue weighted by molar-refractivity contribution is 0.101. The van der Waals surface area contributed by atoms with E-state index in [4.69, 9.17) is 19.6 Å². The molecule has 0 saturated heterocycles. The highest BCUT2D eigenvalue weighted by Crippen LogP contribution is 2.32. The van der Waals surface area contributed by atoms with E-state index >= 15 is 0 Å². The summed E-state index contributed by atoms with van der Waals surface area (Å²) in [5.41, 5.74) is 6.43. The van der Waals surface area contributed by atoms with Crippen molar-refractivity contribution < 1.29 is 18.7 Å². The topological polar surface area (TPSA) is 74.7 Å². The first kappa shape index (κ1) is 13.5. The minimum absolute atomic E-state index is 0.189.